The first-order chi connectivity index (χ1) is 12.5. The topological polar surface area (TPSA) is 67.5 Å². The van der Waals surface area contributed by atoms with Crippen LogP contribution in [0.4, 0.5) is 0 Å². The quantitative estimate of drug-likeness (QED) is 0.877. The Hall–Kier alpha value is -2.27. The maximum absolute atomic E-state index is 12.6. The number of fused-ring (bicyclic) bond motifs is 1. The Balaban J connectivity index is 1.44. The molecule has 2 aromatic carbocycles. The van der Waals surface area contributed by atoms with E-state index in [9.17, 15) is 4.79 Å². The molecule has 2 aliphatic rings. The summed E-state index contributed by atoms with van der Waals surface area (Å²) in [4.78, 5) is 17.2. The molecule has 0 bridgehead atoms. The Morgan fingerprint density at radius 3 is 2.42 bits per heavy atom. The summed E-state index contributed by atoms with van der Waals surface area (Å²) < 4.78 is 0. The second-order valence-electron chi connectivity index (χ2n) is 7.25. The van der Waals surface area contributed by atoms with E-state index in [0.717, 1.165) is 30.6 Å². The number of nitrogens with two attached hydrogens (primary N) is 1. The first-order valence-corrected chi connectivity index (χ1v) is 9.98. The number of amidine groups is 1. The molecule has 0 saturated heterocycles. The Labute approximate surface area is 158 Å². The van der Waals surface area contributed by atoms with E-state index in [-0.39, 0.29) is 17.5 Å². The molecule has 2 aromatic rings. The lowest BCUT2D eigenvalue weighted by Crippen LogP contribution is -2.35. The minimum Gasteiger partial charge on any atom is -0.379 e. The third kappa shape index (κ3) is 3.36. The van der Waals surface area contributed by atoms with Crippen LogP contribution in [-0.4, -0.2) is 22.9 Å². The summed E-state index contributed by atoms with van der Waals surface area (Å²) in [5.41, 5.74) is 10.1. The molecular weight excluding hydrogens is 342 g/mol. The molecule has 0 radical (unpaired) electrons. The molecule has 0 fully saturated rings. The van der Waals surface area contributed by atoms with Crippen molar-refractivity contribution >= 4 is 22.8 Å². The van der Waals surface area contributed by atoms with E-state index in [2.05, 4.69) is 41.5 Å². The van der Waals surface area contributed by atoms with Crippen molar-refractivity contribution < 1.29 is 4.79 Å². The summed E-state index contributed by atoms with van der Waals surface area (Å²) >= 11 is 1.60. The van der Waals surface area contributed by atoms with Gasteiger partial charge in [-0.15, -0.1) is 0 Å². The maximum Gasteiger partial charge on any atom is 0.251 e. The molecule has 3 N–H and O–H groups in total. The number of rotatable bonds is 3. The summed E-state index contributed by atoms with van der Waals surface area (Å²) in [6.45, 7) is 2.10. The van der Waals surface area contributed by atoms with E-state index in [0.29, 0.717) is 10.7 Å². The molecule has 1 aliphatic carbocycles. The van der Waals surface area contributed by atoms with Crippen LogP contribution >= 0.6 is 11.8 Å². The van der Waals surface area contributed by atoms with Gasteiger partial charge in [-0.2, -0.15) is 0 Å². The molecule has 134 valence electrons. The number of carbonyl (C=O) groups excluding carboxylic acids is 1. The van der Waals surface area contributed by atoms with Gasteiger partial charge < -0.3 is 11.1 Å². The lowest BCUT2D eigenvalue weighted by Gasteiger charge is -2.29. The highest BCUT2D eigenvalue weighted by molar-refractivity contribution is 8.13. The van der Waals surface area contributed by atoms with Gasteiger partial charge >= 0.3 is 0 Å². The maximum atomic E-state index is 12.6. The zero-order valence-corrected chi connectivity index (χ0v) is 15.7. The fourth-order valence-electron chi connectivity index (χ4n) is 3.80. The Morgan fingerprint density at radius 2 is 1.81 bits per heavy atom. The summed E-state index contributed by atoms with van der Waals surface area (Å²) in [6, 6.07) is 16.4. The molecule has 1 amide bonds. The standard InChI is InChI=1S/C21H23N3OS/c1-21(10-11-26-20(22)24-21)17-8-6-14(7-9-17)19(25)23-18-12-15-4-2-3-5-16(15)13-18/h2-9,18H,10-13H2,1H3,(H2,22,24)(H,23,25). The normalized spacial score (nSPS) is 22.6. The van der Waals surface area contributed by atoms with Gasteiger partial charge in [0.2, 0.25) is 0 Å². The number of nitrogens with zero attached hydrogens (tertiary/aromatic N) is 1. The summed E-state index contributed by atoms with van der Waals surface area (Å²) in [7, 11) is 0. The minimum absolute atomic E-state index is 0.0123. The Kier molecular flexibility index (Phi) is 4.49. The summed E-state index contributed by atoms with van der Waals surface area (Å²) in [5, 5.41) is 3.81. The van der Waals surface area contributed by atoms with Gasteiger partial charge in [0.1, 0.15) is 0 Å². The number of hydrogen-bond donors (Lipinski definition) is 2. The number of benzene rings is 2. The number of amides is 1. The van der Waals surface area contributed by atoms with Crippen LogP contribution in [0.25, 0.3) is 0 Å². The fraction of sp³-hybridized carbons (Fsp3) is 0.333. The van der Waals surface area contributed by atoms with Crippen molar-refractivity contribution in [2.45, 2.75) is 37.8 Å². The average molecular weight is 366 g/mol. The van der Waals surface area contributed by atoms with Crippen LogP contribution in [0.5, 0.6) is 0 Å². The predicted octanol–water partition coefficient (Wildman–Crippen LogP) is 3.25. The molecule has 1 unspecified atom stereocenters. The minimum atomic E-state index is -0.294. The van der Waals surface area contributed by atoms with Crippen molar-refractivity contribution in [3.05, 3.63) is 70.8 Å². The van der Waals surface area contributed by atoms with E-state index >= 15 is 0 Å². The highest BCUT2D eigenvalue weighted by Gasteiger charge is 2.29. The number of hydrogen-bond acceptors (Lipinski definition) is 4. The summed E-state index contributed by atoms with van der Waals surface area (Å²) in [5.74, 6) is 0.956. The van der Waals surface area contributed by atoms with Gasteiger partial charge in [-0.3, -0.25) is 9.79 Å². The molecule has 26 heavy (non-hydrogen) atoms. The predicted molar refractivity (Wildman–Crippen MR) is 108 cm³/mol. The van der Waals surface area contributed by atoms with Gasteiger partial charge in [0, 0.05) is 17.4 Å². The van der Waals surface area contributed by atoms with E-state index in [1.54, 1.807) is 11.8 Å². The molecule has 4 rings (SSSR count). The highest BCUT2D eigenvalue weighted by Crippen LogP contribution is 2.35. The molecule has 5 heteroatoms. The number of carbonyl (C=O) groups is 1. The third-order valence-corrected chi connectivity index (χ3v) is 6.15. The molecular formula is C21H23N3OS. The van der Waals surface area contributed by atoms with Crippen LogP contribution in [0.15, 0.2) is 53.5 Å². The van der Waals surface area contributed by atoms with Crippen LogP contribution < -0.4 is 11.1 Å². The molecule has 0 aromatic heterocycles. The lowest BCUT2D eigenvalue weighted by molar-refractivity contribution is 0.0938. The fourth-order valence-corrected chi connectivity index (χ4v) is 4.78. The van der Waals surface area contributed by atoms with Crippen LogP contribution in [0.1, 0.15) is 40.4 Å². The van der Waals surface area contributed by atoms with Gasteiger partial charge in [0.25, 0.3) is 5.91 Å². The Bertz CT molecular complexity index is 837. The van der Waals surface area contributed by atoms with Gasteiger partial charge in [-0.1, -0.05) is 48.2 Å². The van der Waals surface area contributed by atoms with Crippen molar-refractivity contribution in [2.75, 3.05) is 5.75 Å². The largest absolute Gasteiger partial charge is 0.379 e. The van der Waals surface area contributed by atoms with Gasteiger partial charge in [0.05, 0.1) is 5.54 Å². The van der Waals surface area contributed by atoms with Crippen molar-refractivity contribution in [3.8, 4) is 0 Å². The molecule has 1 heterocycles. The van der Waals surface area contributed by atoms with Crippen LogP contribution in [0.3, 0.4) is 0 Å². The van der Waals surface area contributed by atoms with Crippen molar-refractivity contribution in [1.29, 1.82) is 0 Å². The number of thioether (sulfide) groups is 1. The second kappa shape index (κ2) is 6.80. The van der Waals surface area contributed by atoms with E-state index in [1.165, 1.54) is 11.1 Å². The van der Waals surface area contributed by atoms with Crippen molar-refractivity contribution in [3.63, 3.8) is 0 Å². The van der Waals surface area contributed by atoms with Gasteiger partial charge in [-0.25, -0.2) is 0 Å². The zero-order chi connectivity index (χ0) is 18.1. The van der Waals surface area contributed by atoms with Gasteiger partial charge in [-0.05, 0) is 55.0 Å². The molecule has 4 nitrogen and oxygen atoms in total. The van der Waals surface area contributed by atoms with Gasteiger partial charge in [0.15, 0.2) is 5.17 Å². The van der Waals surface area contributed by atoms with Crippen molar-refractivity contribution in [2.24, 2.45) is 10.7 Å². The monoisotopic (exact) mass is 365 g/mol. The van der Waals surface area contributed by atoms with E-state index in [4.69, 9.17) is 5.73 Å². The van der Waals surface area contributed by atoms with Crippen LogP contribution in [-0.2, 0) is 18.4 Å². The number of nitrogens with one attached hydrogen (secondary N) is 1. The van der Waals surface area contributed by atoms with E-state index < -0.39 is 0 Å². The zero-order valence-electron chi connectivity index (χ0n) is 14.9. The molecule has 1 aliphatic heterocycles. The lowest BCUT2D eigenvalue weighted by atomic mass is 9.89. The number of aliphatic imine (C=N–C) groups is 1. The SMILES string of the molecule is CC1(c2ccc(C(=O)NC3Cc4ccccc4C3)cc2)CCSC(N)=N1. The molecule has 0 spiro atoms. The smallest absolute Gasteiger partial charge is 0.251 e. The Morgan fingerprint density at radius 1 is 1.15 bits per heavy atom. The second-order valence-corrected chi connectivity index (χ2v) is 8.36. The third-order valence-electron chi connectivity index (χ3n) is 5.35. The molecule has 0 saturated carbocycles. The first kappa shape index (κ1) is 17.2. The first-order valence-electron chi connectivity index (χ1n) is 9.00. The van der Waals surface area contributed by atoms with E-state index in [1.807, 2.05) is 24.3 Å². The molecule has 1 atom stereocenters. The van der Waals surface area contributed by atoms with Crippen LogP contribution in [0.2, 0.25) is 0 Å². The highest BCUT2D eigenvalue weighted by atomic mass is 32.2. The van der Waals surface area contributed by atoms with Crippen molar-refractivity contribution in [1.82, 2.24) is 5.32 Å². The summed E-state index contributed by atoms with van der Waals surface area (Å²) in [6.07, 6.45) is 2.76. The average Bonchev–Trinajstić information content (AvgIpc) is 3.04. The van der Waals surface area contributed by atoms with Crippen LogP contribution in [0, 0.1) is 0 Å².